The van der Waals surface area contributed by atoms with E-state index in [9.17, 15) is 9.18 Å². The number of carbonyl (C=O) groups is 1. The number of hydrogen-bond acceptors (Lipinski definition) is 1. The normalized spacial score (nSPS) is 13.3. The molecular formula is C14H19BrFNO. The van der Waals surface area contributed by atoms with Gasteiger partial charge in [-0.05, 0) is 30.5 Å². The second kappa shape index (κ2) is 5.39. The molecule has 0 N–H and O–H groups in total. The summed E-state index contributed by atoms with van der Waals surface area (Å²) in [6.45, 7) is 8.13. The van der Waals surface area contributed by atoms with E-state index in [0.29, 0.717) is 4.47 Å². The fraction of sp³-hybridized carbons (Fsp3) is 0.500. The third kappa shape index (κ3) is 3.31. The molecule has 100 valence electrons. The summed E-state index contributed by atoms with van der Waals surface area (Å²) < 4.78 is 14.4. The molecule has 1 aromatic rings. The Balaban J connectivity index is 3.00. The lowest BCUT2D eigenvalue weighted by molar-refractivity contribution is 0.0624. The van der Waals surface area contributed by atoms with Gasteiger partial charge in [-0.25, -0.2) is 4.39 Å². The van der Waals surface area contributed by atoms with Crippen molar-refractivity contribution in [2.75, 3.05) is 7.05 Å². The van der Waals surface area contributed by atoms with Crippen LogP contribution in [0.15, 0.2) is 22.7 Å². The molecule has 18 heavy (non-hydrogen) atoms. The van der Waals surface area contributed by atoms with E-state index >= 15 is 0 Å². The number of rotatable bonds is 2. The minimum atomic E-state index is -0.498. The van der Waals surface area contributed by atoms with Crippen molar-refractivity contribution in [1.82, 2.24) is 4.90 Å². The van der Waals surface area contributed by atoms with Gasteiger partial charge in [0.15, 0.2) is 0 Å². The Labute approximate surface area is 116 Å². The lowest BCUT2D eigenvalue weighted by Crippen LogP contribution is -2.43. The van der Waals surface area contributed by atoms with E-state index in [0.717, 1.165) is 0 Å². The Morgan fingerprint density at radius 1 is 1.39 bits per heavy atom. The Morgan fingerprint density at radius 3 is 2.39 bits per heavy atom. The Bertz CT molecular complexity index is 454. The molecule has 0 aromatic heterocycles. The largest absolute Gasteiger partial charge is 0.338 e. The maximum Gasteiger partial charge on any atom is 0.256 e. The number of benzene rings is 1. The van der Waals surface area contributed by atoms with Crippen molar-refractivity contribution in [3.8, 4) is 0 Å². The van der Waals surface area contributed by atoms with E-state index in [-0.39, 0.29) is 22.9 Å². The number of nitrogens with zero attached hydrogens (tertiary/aromatic N) is 1. The van der Waals surface area contributed by atoms with E-state index in [1.54, 1.807) is 18.0 Å². The highest BCUT2D eigenvalue weighted by atomic mass is 79.9. The average Bonchev–Trinajstić information content (AvgIpc) is 2.25. The highest BCUT2D eigenvalue weighted by Gasteiger charge is 2.28. The fourth-order valence-electron chi connectivity index (χ4n) is 1.61. The standard InChI is InChI=1S/C14H19BrFNO/c1-9(14(2,3)4)17(5)13(18)11-7-6-10(15)8-12(11)16/h6-9H,1-5H3. The second-order valence-corrected chi connectivity index (χ2v) is 6.50. The minimum absolute atomic E-state index is 0.0213. The zero-order chi connectivity index (χ0) is 14.1. The summed E-state index contributed by atoms with van der Waals surface area (Å²) in [6, 6.07) is 4.51. The van der Waals surface area contributed by atoms with Gasteiger partial charge < -0.3 is 4.90 Å². The van der Waals surface area contributed by atoms with Gasteiger partial charge in [-0.3, -0.25) is 4.79 Å². The van der Waals surface area contributed by atoms with Crippen LogP contribution < -0.4 is 0 Å². The SMILES string of the molecule is CC(N(C)C(=O)c1ccc(Br)cc1F)C(C)(C)C. The van der Waals surface area contributed by atoms with Gasteiger partial charge in [0.2, 0.25) is 0 Å². The molecule has 1 rings (SSSR count). The molecule has 2 nitrogen and oxygen atoms in total. The summed E-state index contributed by atoms with van der Waals surface area (Å²) in [5.41, 5.74) is 0.0628. The fourth-order valence-corrected chi connectivity index (χ4v) is 1.94. The first-order valence-electron chi connectivity index (χ1n) is 5.87. The molecule has 1 aromatic carbocycles. The van der Waals surface area contributed by atoms with Crippen LogP contribution in [0, 0.1) is 11.2 Å². The molecule has 0 fully saturated rings. The average molecular weight is 316 g/mol. The van der Waals surface area contributed by atoms with Gasteiger partial charge in [-0.15, -0.1) is 0 Å². The van der Waals surface area contributed by atoms with Crippen LogP contribution in [0.3, 0.4) is 0 Å². The Kier molecular flexibility index (Phi) is 4.54. The lowest BCUT2D eigenvalue weighted by atomic mass is 9.87. The van der Waals surface area contributed by atoms with Crippen molar-refractivity contribution in [3.05, 3.63) is 34.1 Å². The first-order chi connectivity index (χ1) is 8.14. The van der Waals surface area contributed by atoms with Crippen LogP contribution in [0.25, 0.3) is 0 Å². The van der Waals surface area contributed by atoms with Crippen LogP contribution in [-0.2, 0) is 0 Å². The molecule has 0 heterocycles. The van der Waals surface area contributed by atoms with Crippen molar-refractivity contribution < 1.29 is 9.18 Å². The van der Waals surface area contributed by atoms with Gasteiger partial charge in [-0.1, -0.05) is 36.7 Å². The van der Waals surface area contributed by atoms with Crippen LogP contribution in [0.2, 0.25) is 0 Å². The minimum Gasteiger partial charge on any atom is -0.338 e. The third-order valence-electron chi connectivity index (χ3n) is 3.32. The summed E-state index contributed by atoms with van der Waals surface area (Å²) >= 11 is 3.18. The molecule has 0 bridgehead atoms. The lowest BCUT2D eigenvalue weighted by Gasteiger charge is -2.35. The molecule has 0 aliphatic heterocycles. The molecule has 0 aliphatic rings. The van der Waals surface area contributed by atoms with Crippen molar-refractivity contribution >= 4 is 21.8 Å². The Morgan fingerprint density at radius 2 is 1.94 bits per heavy atom. The van der Waals surface area contributed by atoms with E-state index in [2.05, 4.69) is 36.7 Å². The van der Waals surface area contributed by atoms with E-state index in [1.165, 1.54) is 12.1 Å². The molecule has 1 amide bonds. The predicted molar refractivity (Wildman–Crippen MR) is 75.1 cm³/mol. The summed E-state index contributed by atoms with van der Waals surface area (Å²) in [4.78, 5) is 13.8. The summed E-state index contributed by atoms with van der Waals surface area (Å²) in [6.07, 6.45) is 0. The van der Waals surface area contributed by atoms with Gasteiger partial charge in [0.1, 0.15) is 5.82 Å². The second-order valence-electron chi connectivity index (χ2n) is 5.58. The van der Waals surface area contributed by atoms with Gasteiger partial charge in [0.25, 0.3) is 5.91 Å². The van der Waals surface area contributed by atoms with E-state index in [4.69, 9.17) is 0 Å². The van der Waals surface area contributed by atoms with Gasteiger partial charge in [-0.2, -0.15) is 0 Å². The number of amides is 1. The van der Waals surface area contributed by atoms with Crippen molar-refractivity contribution in [3.63, 3.8) is 0 Å². The molecule has 4 heteroatoms. The monoisotopic (exact) mass is 315 g/mol. The van der Waals surface area contributed by atoms with Gasteiger partial charge in [0.05, 0.1) is 5.56 Å². The molecule has 0 saturated heterocycles. The topological polar surface area (TPSA) is 20.3 Å². The van der Waals surface area contributed by atoms with Crippen LogP contribution in [0.5, 0.6) is 0 Å². The molecule has 0 radical (unpaired) electrons. The van der Waals surface area contributed by atoms with Crippen molar-refractivity contribution in [2.24, 2.45) is 5.41 Å². The van der Waals surface area contributed by atoms with Crippen molar-refractivity contribution in [2.45, 2.75) is 33.7 Å². The zero-order valence-electron chi connectivity index (χ0n) is 11.4. The highest BCUT2D eigenvalue weighted by molar-refractivity contribution is 9.10. The molecule has 0 spiro atoms. The molecule has 1 atom stereocenters. The zero-order valence-corrected chi connectivity index (χ0v) is 13.0. The number of carbonyl (C=O) groups excluding carboxylic acids is 1. The summed E-state index contributed by atoms with van der Waals surface area (Å²) in [5, 5.41) is 0. The number of halogens is 2. The molecule has 1 unspecified atom stereocenters. The molecule has 0 saturated carbocycles. The van der Waals surface area contributed by atoms with Crippen LogP contribution in [0.4, 0.5) is 4.39 Å². The first kappa shape index (κ1) is 15.2. The number of hydrogen-bond donors (Lipinski definition) is 0. The van der Waals surface area contributed by atoms with E-state index in [1.807, 2.05) is 6.92 Å². The smallest absolute Gasteiger partial charge is 0.256 e. The van der Waals surface area contributed by atoms with E-state index < -0.39 is 5.82 Å². The Hall–Kier alpha value is -0.900. The van der Waals surface area contributed by atoms with Crippen LogP contribution >= 0.6 is 15.9 Å². The quantitative estimate of drug-likeness (QED) is 0.804. The maximum atomic E-state index is 13.7. The van der Waals surface area contributed by atoms with Crippen molar-refractivity contribution in [1.29, 1.82) is 0 Å². The highest BCUT2D eigenvalue weighted by Crippen LogP contribution is 2.25. The predicted octanol–water partition coefficient (Wildman–Crippen LogP) is 4.09. The van der Waals surface area contributed by atoms with Gasteiger partial charge in [0, 0.05) is 17.6 Å². The van der Waals surface area contributed by atoms with Crippen LogP contribution in [-0.4, -0.2) is 23.9 Å². The molecule has 0 aliphatic carbocycles. The van der Waals surface area contributed by atoms with Gasteiger partial charge >= 0.3 is 0 Å². The maximum absolute atomic E-state index is 13.7. The summed E-state index contributed by atoms with van der Waals surface area (Å²) in [7, 11) is 1.71. The first-order valence-corrected chi connectivity index (χ1v) is 6.66. The summed E-state index contributed by atoms with van der Waals surface area (Å²) in [5.74, 6) is -0.787. The molecular weight excluding hydrogens is 297 g/mol. The third-order valence-corrected chi connectivity index (χ3v) is 3.81. The van der Waals surface area contributed by atoms with Crippen LogP contribution in [0.1, 0.15) is 38.1 Å².